The van der Waals surface area contributed by atoms with Gasteiger partial charge in [-0.1, -0.05) is 12.8 Å². The number of hydrogen-bond donors (Lipinski definition) is 2. The van der Waals surface area contributed by atoms with Crippen LogP contribution in [0.3, 0.4) is 0 Å². The lowest BCUT2D eigenvalue weighted by Crippen LogP contribution is -2.39. The predicted octanol–water partition coefficient (Wildman–Crippen LogP) is 2.15. The standard InChI is InChI=1S/C13H19FN2O/c1-16(9-13(17)6-2-3-7-13)12-5-4-10(15)8-11(12)14/h4-5,8,17H,2-3,6-7,9,15H2,1H3. The van der Waals surface area contributed by atoms with E-state index in [2.05, 4.69) is 0 Å². The summed E-state index contributed by atoms with van der Waals surface area (Å²) in [6, 6.07) is 4.64. The minimum absolute atomic E-state index is 0.339. The van der Waals surface area contributed by atoms with Crippen LogP contribution in [-0.4, -0.2) is 24.3 Å². The van der Waals surface area contributed by atoms with E-state index in [1.54, 1.807) is 24.1 Å². The molecule has 1 fully saturated rings. The summed E-state index contributed by atoms with van der Waals surface area (Å²) < 4.78 is 13.7. The van der Waals surface area contributed by atoms with Crippen molar-refractivity contribution < 1.29 is 9.50 Å². The molecule has 1 aliphatic rings. The van der Waals surface area contributed by atoms with Gasteiger partial charge in [0.05, 0.1) is 11.3 Å². The van der Waals surface area contributed by atoms with Crippen molar-refractivity contribution in [1.29, 1.82) is 0 Å². The van der Waals surface area contributed by atoms with Crippen LogP contribution in [0.4, 0.5) is 15.8 Å². The van der Waals surface area contributed by atoms with E-state index in [0.29, 0.717) is 17.9 Å². The Balaban J connectivity index is 2.11. The third-order valence-corrected chi connectivity index (χ3v) is 3.45. The molecule has 1 aromatic rings. The van der Waals surface area contributed by atoms with Crippen LogP contribution in [-0.2, 0) is 0 Å². The summed E-state index contributed by atoms with van der Waals surface area (Å²) >= 11 is 0. The number of nitrogen functional groups attached to an aromatic ring is 1. The number of aliphatic hydroxyl groups is 1. The normalized spacial score (nSPS) is 18.3. The lowest BCUT2D eigenvalue weighted by molar-refractivity contribution is 0.0558. The third-order valence-electron chi connectivity index (χ3n) is 3.45. The Hall–Kier alpha value is -1.29. The zero-order valence-corrected chi connectivity index (χ0v) is 10.1. The van der Waals surface area contributed by atoms with E-state index in [4.69, 9.17) is 5.73 Å². The first kappa shape index (κ1) is 12.2. The van der Waals surface area contributed by atoms with Crippen LogP contribution < -0.4 is 10.6 Å². The van der Waals surface area contributed by atoms with Crippen molar-refractivity contribution in [3.8, 4) is 0 Å². The molecule has 0 aliphatic heterocycles. The number of nitrogens with two attached hydrogens (primary N) is 1. The van der Waals surface area contributed by atoms with Gasteiger partial charge in [0, 0.05) is 19.3 Å². The highest BCUT2D eigenvalue weighted by atomic mass is 19.1. The molecule has 3 nitrogen and oxygen atoms in total. The minimum atomic E-state index is -0.664. The van der Waals surface area contributed by atoms with Gasteiger partial charge in [0.1, 0.15) is 5.82 Å². The molecule has 0 aromatic heterocycles. The highest BCUT2D eigenvalue weighted by Crippen LogP contribution is 2.31. The Morgan fingerprint density at radius 3 is 2.65 bits per heavy atom. The highest BCUT2D eigenvalue weighted by molar-refractivity contribution is 5.54. The molecule has 0 bridgehead atoms. The lowest BCUT2D eigenvalue weighted by Gasteiger charge is -2.30. The van der Waals surface area contributed by atoms with Crippen LogP contribution in [0, 0.1) is 5.82 Å². The van der Waals surface area contributed by atoms with Gasteiger partial charge in [0.25, 0.3) is 0 Å². The molecule has 0 radical (unpaired) electrons. The summed E-state index contributed by atoms with van der Waals surface area (Å²) in [5.74, 6) is -0.339. The van der Waals surface area contributed by atoms with Gasteiger partial charge in [-0.2, -0.15) is 0 Å². The molecule has 0 spiro atoms. The highest BCUT2D eigenvalue weighted by Gasteiger charge is 2.32. The van der Waals surface area contributed by atoms with Gasteiger partial charge < -0.3 is 15.7 Å². The molecular formula is C13H19FN2O. The number of hydrogen-bond acceptors (Lipinski definition) is 3. The van der Waals surface area contributed by atoms with E-state index in [9.17, 15) is 9.50 Å². The fourth-order valence-electron chi connectivity index (χ4n) is 2.55. The predicted molar refractivity (Wildman–Crippen MR) is 67.5 cm³/mol. The molecule has 17 heavy (non-hydrogen) atoms. The lowest BCUT2D eigenvalue weighted by atomic mass is 10.0. The van der Waals surface area contributed by atoms with Gasteiger partial charge in [-0.05, 0) is 31.0 Å². The molecule has 0 atom stereocenters. The smallest absolute Gasteiger partial charge is 0.148 e. The van der Waals surface area contributed by atoms with E-state index in [0.717, 1.165) is 25.7 Å². The quantitative estimate of drug-likeness (QED) is 0.793. The van der Waals surface area contributed by atoms with Crippen LogP contribution in [0.2, 0.25) is 0 Å². The van der Waals surface area contributed by atoms with Gasteiger partial charge in [-0.15, -0.1) is 0 Å². The maximum Gasteiger partial charge on any atom is 0.148 e. The van der Waals surface area contributed by atoms with Crippen molar-refractivity contribution in [2.24, 2.45) is 0 Å². The largest absolute Gasteiger partial charge is 0.399 e. The first-order valence-corrected chi connectivity index (χ1v) is 5.99. The second kappa shape index (κ2) is 4.53. The Morgan fingerprint density at radius 1 is 1.41 bits per heavy atom. The molecule has 1 saturated carbocycles. The Kier molecular flexibility index (Phi) is 3.24. The fraction of sp³-hybridized carbons (Fsp3) is 0.538. The van der Waals surface area contributed by atoms with E-state index in [-0.39, 0.29) is 5.82 Å². The van der Waals surface area contributed by atoms with Crippen LogP contribution in [0.5, 0.6) is 0 Å². The Labute approximate surface area is 101 Å². The van der Waals surface area contributed by atoms with Crippen LogP contribution in [0.1, 0.15) is 25.7 Å². The van der Waals surface area contributed by atoms with Crippen LogP contribution in [0.25, 0.3) is 0 Å². The number of likely N-dealkylation sites (N-methyl/N-ethyl adjacent to an activating group) is 1. The van der Waals surface area contributed by atoms with Crippen molar-refractivity contribution in [2.75, 3.05) is 24.2 Å². The number of anilines is 2. The second-order valence-electron chi connectivity index (χ2n) is 5.00. The molecule has 2 rings (SSSR count). The molecule has 4 heteroatoms. The zero-order chi connectivity index (χ0) is 12.5. The fourth-order valence-corrected chi connectivity index (χ4v) is 2.55. The maximum atomic E-state index is 13.7. The second-order valence-corrected chi connectivity index (χ2v) is 5.00. The van der Waals surface area contributed by atoms with E-state index >= 15 is 0 Å². The topological polar surface area (TPSA) is 49.5 Å². The Morgan fingerprint density at radius 2 is 2.06 bits per heavy atom. The van der Waals surface area contributed by atoms with Crippen molar-refractivity contribution in [2.45, 2.75) is 31.3 Å². The summed E-state index contributed by atoms with van der Waals surface area (Å²) in [6.07, 6.45) is 3.70. The molecule has 3 N–H and O–H groups in total. The van der Waals surface area contributed by atoms with Crippen molar-refractivity contribution in [3.05, 3.63) is 24.0 Å². The maximum absolute atomic E-state index is 13.7. The summed E-state index contributed by atoms with van der Waals surface area (Å²) in [6.45, 7) is 0.466. The summed E-state index contributed by atoms with van der Waals surface area (Å²) in [4.78, 5) is 1.76. The average Bonchev–Trinajstić information content (AvgIpc) is 2.64. The number of nitrogens with zero attached hydrogens (tertiary/aromatic N) is 1. The minimum Gasteiger partial charge on any atom is -0.399 e. The Bertz CT molecular complexity index is 402. The first-order valence-electron chi connectivity index (χ1n) is 5.99. The number of benzene rings is 1. The van der Waals surface area contributed by atoms with Crippen LogP contribution >= 0.6 is 0 Å². The van der Waals surface area contributed by atoms with Crippen molar-refractivity contribution >= 4 is 11.4 Å². The van der Waals surface area contributed by atoms with Gasteiger partial charge in [-0.3, -0.25) is 0 Å². The van der Waals surface area contributed by atoms with Gasteiger partial charge in [0.2, 0.25) is 0 Å². The monoisotopic (exact) mass is 238 g/mol. The molecule has 0 amide bonds. The third kappa shape index (κ3) is 2.69. The number of rotatable bonds is 3. The summed E-state index contributed by atoms with van der Waals surface area (Å²) in [5, 5.41) is 10.3. The van der Waals surface area contributed by atoms with Gasteiger partial charge in [0.15, 0.2) is 0 Å². The molecule has 0 heterocycles. The van der Waals surface area contributed by atoms with Crippen LogP contribution in [0.15, 0.2) is 18.2 Å². The molecule has 1 aliphatic carbocycles. The van der Waals surface area contributed by atoms with Gasteiger partial charge in [-0.25, -0.2) is 4.39 Å². The molecule has 0 unspecified atom stereocenters. The van der Waals surface area contributed by atoms with E-state index in [1.807, 2.05) is 0 Å². The van der Waals surface area contributed by atoms with Gasteiger partial charge >= 0.3 is 0 Å². The average molecular weight is 238 g/mol. The van der Waals surface area contributed by atoms with E-state index < -0.39 is 5.60 Å². The molecule has 94 valence electrons. The van der Waals surface area contributed by atoms with E-state index in [1.165, 1.54) is 6.07 Å². The molecule has 0 saturated heterocycles. The summed E-state index contributed by atoms with van der Waals surface area (Å²) in [7, 11) is 1.80. The SMILES string of the molecule is CN(CC1(O)CCCC1)c1ccc(N)cc1F. The molecule has 1 aromatic carbocycles. The summed E-state index contributed by atoms with van der Waals surface area (Å²) in [5.41, 5.74) is 5.75. The van der Waals surface area contributed by atoms with Crippen molar-refractivity contribution in [1.82, 2.24) is 0 Å². The zero-order valence-electron chi connectivity index (χ0n) is 10.1. The molecular weight excluding hydrogens is 219 g/mol. The van der Waals surface area contributed by atoms with Crippen molar-refractivity contribution in [3.63, 3.8) is 0 Å². The number of halogens is 1. The first-order chi connectivity index (χ1) is 8.00.